The van der Waals surface area contributed by atoms with Crippen molar-refractivity contribution < 1.29 is 14.0 Å². The average Bonchev–Trinajstić information content (AvgIpc) is 2.93. The Balaban J connectivity index is 1.78. The maximum atomic E-state index is 13.6. The van der Waals surface area contributed by atoms with Crippen molar-refractivity contribution >= 4 is 40.5 Å². The molecule has 7 heteroatoms. The molecular formula is C22H22FN3O2S. The highest BCUT2D eigenvalue weighted by atomic mass is 32.1. The molecule has 1 aliphatic heterocycles. The van der Waals surface area contributed by atoms with Crippen molar-refractivity contribution in [2.45, 2.75) is 25.8 Å². The van der Waals surface area contributed by atoms with E-state index in [0.717, 1.165) is 6.42 Å². The molecule has 5 nitrogen and oxygen atoms in total. The van der Waals surface area contributed by atoms with Crippen molar-refractivity contribution in [3.8, 4) is 0 Å². The summed E-state index contributed by atoms with van der Waals surface area (Å²) >= 11 is 5.45. The predicted octanol–water partition coefficient (Wildman–Crippen LogP) is 3.91. The monoisotopic (exact) mass is 411 g/mol. The number of anilines is 2. The number of carbonyl (C=O) groups excluding carboxylic acids is 2. The first-order valence-corrected chi connectivity index (χ1v) is 9.75. The van der Waals surface area contributed by atoms with Crippen LogP contribution >= 0.6 is 12.2 Å². The van der Waals surface area contributed by atoms with E-state index >= 15 is 0 Å². The first-order chi connectivity index (χ1) is 13.9. The molecule has 1 N–H and O–H groups in total. The number of thiocarbonyl (C=S) groups is 1. The SMILES string of the molecule is C=CCN1C(=S)N(c2cccc(F)c2)C(=O)[C@H]1CC(=O)Nc1ccc(CC)cc1. The molecule has 0 bridgehead atoms. The summed E-state index contributed by atoms with van der Waals surface area (Å²) in [6, 6.07) is 12.4. The summed E-state index contributed by atoms with van der Waals surface area (Å²) in [6.45, 7) is 6.06. The molecular weight excluding hydrogens is 389 g/mol. The quantitative estimate of drug-likeness (QED) is 0.555. The highest BCUT2D eigenvalue weighted by Crippen LogP contribution is 2.27. The Kier molecular flexibility index (Phi) is 6.39. The zero-order valence-electron chi connectivity index (χ0n) is 16.1. The Hall–Kier alpha value is -3.06. The van der Waals surface area contributed by atoms with Crippen LogP contribution in [0.5, 0.6) is 0 Å². The fraction of sp³-hybridized carbons (Fsp3) is 0.227. The maximum Gasteiger partial charge on any atom is 0.256 e. The molecule has 150 valence electrons. The summed E-state index contributed by atoms with van der Waals surface area (Å²) in [5.41, 5.74) is 2.17. The summed E-state index contributed by atoms with van der Waals surface area (Å²) in [5, 5.41) is 3.04. The van der Waals surface area contributed by atoms with Crippen molar-refractivity contribution in [1.82, 2.24) is 4.90 Å². The lowest BCUT2D eigenvalue weighted by Gasteiger charge is -2.22. The lowest BCUT2D eigenvalue weighted by molar-refractivity contribution is -0.124. The largest absolute Gasteiger partial charge is 0.332 e. The second kappa shape index (κ2) is 8.96. The molecule has 2 aromatic carbocycles. The number of benzene rings is 2. The second-order valence-electron chi connectivity index (χ2n) is 6.70. The molecule has 1 aliphatic rings. The van der Waals surface area contributed by atoms with Crippen LogP contribution in [0.1, 0.15) is 18.9 Å². The minimum absolute atomic E-state index is 0.0752. The molecule has 29 heavy (non-hydrogen) atoms. The molecule has 2 aromatic rings. The van der Waals surface area contributed by atoms with Gasteiger partial charge in [0.05, 0.1) is 12.1 Å². The lowest BCUT2D eigenvalue weighted by Crippen LogP contribution is -2.37. The molecule has 1 saturated heterocycles. The van der Waals surface area contributed by atoms with Gasteiger partial charge in [-0.3, -0.25) is 14.5 Å². The number of rotatable bonds is 7. The van der Waals surface area contributed by atoms with Crippen molar-refractivity contribution in [2.24, 2.45) is 0 Å². The number of aryl methyl sites for hydroxylation is 1. The van der Waals surface area contributed by atoms with E-state index in [4.69, 9.17) is 12.2 Å². The second-order valence-corrected chi connectivity index (χ2v) is 7.06. The third kappa shape index (κ3) is 4.51. The average molecular weight is 412 g/mol. The van der Waals surface area contributed by atoms with Crippen LogP contribution in [0.4, 0.5) is 15.8 Å². The first-order valence-electron chi connectivity index (χ1n) is 9.34. The van der Waals surface area contributed by atoms with Crippen LogP contribution in [0.2, 0.25) is 0 Å². The number of hydrogen-bond acceptors (Lipinski definition) is 3. The van der Waals surface area contributed by atoms with Crippen LogP contribution in [-0.4, -0.2) is 34.4 Å². The Labute approximate surface area is 174 Å². The third-order valence-corrected chi connectivity index (χ3v) is 5.15. The van der Waals surface area contributed by atoms with Gasteiger partial charge in [0, 0.05) is 12.2 Å². The topological polar surface area (TPSA) is 52.7 Å². The van der Waals surface area contributed by atoms with Gasteiger partial charge in [-0.1, -0.05) is 31.2 Å². The van der Waals surface area contributed by atoms with E-state index in [0.29, 0.717) is 17.9 Å². The number of nitrogens with one attached hydrogen (secondary N) is 1. The van der Waals surface area contributed by atoms with Crippen molar-refractivity contribution in [1.29, 1.82) is 0 Å². The Morgan fingerprint density at radius 2 is 2.00 bits per heavy atom. The molecule has 2 amide bonds. The number of halogens is 1. The molecule has 1 atom stereocenters. The van der Waals surface area contributed by atoms with Gasteiger partial charge >= 0.3 is 0 Å². The minimum atomic E-state index is -0.779. The fourth-order valence-electron chi connectivity index (χ4n) is 3.24. The molecule has 0 radical (unpaired) electrons. The van der Waals surface area contributed by atoms with E-state index < -0.39 is 11.9 Å². The van der Waals surface area contributed by atoms with Crippen molar-refractivity contribution in [3.63, 3.8) is 0 Å². The van der Waals surface area contributed by atoms with E-state index in [1.807, 2.05) is 24.3 Å². The first kappa shape index (κ1) is 20.7. The van der Waals surface area contributed by atoms with Crippen LogP contribution in [0.3, 0.4) is 0 Å². The Morgan fingerprint density at radius 3 is 2.62 bits per heavy atom. The zero-order valence-corrected chi connectivity index (χ0v) is 16.9. The molecule has 1 fully saturated rings. The van der Waals surface area contributed by atoms with Crippen LogP contribution in [0.25, 0.3) is 0 Å². The van der Waals surface area contributed by atoms with Gasteiger partial charge in [0.25, 0.3) is 5.91 Å². The molecule has 0 spiro atoms. The zero-order chi connectivity index (χ0) is 21.0. The smallest absolute Gasteiger partial charge is 0.256 e. The molecule has 0 saturated carbocycles. The van der Waals surface area contributed by atoms with Crippen LogP contribution in [0.15, 0.2) is 61.2 Å². The molecule has 1 heterocycles. The van der Waals surface area contributed by atoms with Gasteiger partial charge < -0.3 is 10.2 Å². The van der Waals surface area contributed by atoms with E-state index in [1.165, 1.54) is 28.7 Å². The van der Waals surface area contributed by atoms with E-state index in [-0.39, 0.29) is 23.3 Å². The standard InChI is InChI=1S/C22H22FN3O2S/c1-3-12-25-19(14-20(27)24-17-10-8-15(4-2)9-11-17)21(28)26(22(25)29)18-7-5-6-16(23)13-18/h3,5-11,13,19H,1,4,12,14H2,2H3,(H,24,27)/t19-/m1/s1. The lowest BCUT2D eigenvalue weighted by atomic mass is 10.1. The van der Waals surface area contributed by atoms with Crippen molar-refractivity contribution in [2.75, 3.05) is 16.8 Å². The van der Waals surface area contributed by atoms with Gasteiger partial charge in [0.15, 0.2) is 5.11 Å². The summed E-state index contributed by atoms with van der Waals surface area (Å²) in [5.74, 6) is -1.13. The number of carbonyl (C=O) groups is 2. The van der Waals surface area contributed by atoms with Crippen LogP contribution in [-0.2, 0) is 16.0 Å². The van der Waals surface area contributed by atoms with Crippen LogP contribution in [0, 0.1) is 5.82 Å². The van der Waals surface area contributed by atoms with E-state index in [2.05, 4.69) is 18.8 Å². The molecule has 0 unspecified atom stereocenters. The number of amides is 2. The summed E-state index contributed by atoms with van der Waals surface area (Å²) in [6.07, 6.45) is 2.45. The normalized spacial score (nSPS) is 16.3. The summed E-state index contributed by atoms with van der Waals surface area (Å²) < 4.78 is 13.6. The Bertz CT molecular complexity index is 945. The van der Waals surface area contributed by atoms with Crippen molar-refractivity contribution in [3.05, 3.63) is 72.6 Å². The highest BCUT2D eigenvalue weighted by molar-refractivity contribution is 7.80. The molecule has 0 aromatic heterocycles. The highest BCUT2D eigenvalue weighted by Gasteiger charge is 2.43. The number of nitrogens with zero attached hydrogens (tertiary/aromatic N) is 2. The van der Waals surface area contributed by atoms with Gasteiger partial charge in [-0.15, -0.1) is 6.58 Å². The molecule has 0 aliphatic carbocycles. The number of hydrogen-bond donors (Lipinski definition) is 1. The van der Waals surface area contributed by atoms with Gasteiger partial charge in [-0.05, 0) is 54.5 Å². The van der Waals surface area contributed by atoms with E-state index in [9.17, 15) is 14.0 Å². The van der Waals surface area contributed by atoms with E-state index in [1.54, 1.807) is 17.0 Å². The minimum Gasteiger partial charge on any atom is -0.332 e. The van der Waals surface area contributed by atoms with Gasteiger partial charge in [0.2, 0.25) is 5.91 Å². The summed E-state index contributed by atoms with van der Waals surface area (Å²) in [4.78, 5) is 28.5. The maximum absolute atomic E-state index is 13.6. The summed E-state index contributed by atoms with van der Waals surface area (Å²) in [7, 11) is 0. The van der Waals surface area contributed by atoms with Crippen LogP contribution < -0.4 is 10.2 Å². The fourth-order valence-corrected chi connectivity index (χ4v) is 3.64. The third-order valence-electron chi connectivity index (χ3n) is 4.74. The predicted molar refractivity (Wildman–Crippen MR) is 116 cm³/mol. The molecule has 3 rings (SSSR count). The van der Waals surface area contributed by atoms with Gasteiger partial charge in [-0.25, -0.2) is 4.39 Å². The van der Waals surface area contributed by atoms with Gasteiger partial charge in [-0.2, -0.15) is 0 Å². The Morgan fingerprint density at radius 1 is 1.28 bits per heavy atom. The van der Waals surface area contributed by atoms with Gasteiger partial charge in [0.1, 0.15) is 11.9 Å².